The van der Waals surface area contributed by atoms with Gasteiger partial charge in [0.25, 0.3) is 0 Å². The van der Waals surface area contributed by atoms with Crippen LogP contribution in [0.2, 0.25) is 0 Å². The zero-order valence-electron chi connectivity index (χ0n) is 21.0. The van der Waals surface area contributed by atoms with Crippen LogP contribution in [0.1, 0.15) is 55.7 Å². The Morgan fingerprint density at radius 3 is 2.53 bits per heavy atom. The Morgan fingerprint density at radius 1 is 1.08 bits per heavy atom. The summed E-state index contributed by atoms with van der Waals surface area (Å²) in [5.41, 5.74) is 4.72. The van der Waals surface area contributed by atoms with E-state index in [9.17, 15) is 9.18 Å². The summed E-state index contributed by atoms with van der Waals surface area (Å²) in [5, 5.41) is 8.11. The molecule has 1 atom stereocenters. The first-order chi connectivity index (χ1) is 17.5. The molecule has 0 fully saturated rings. The number of nitrogens with zero attached hydrogens (tertiary/aromatic N) is 4. The highest BCUT2D eigenvalue weighted by Gasteiger charge is 2.36. The van der Waals surface area contributed by atoms with Crippen molar-refractivity contribution in [3.05, 3.63) is 101 Å². The highest BCUT2D eigenvalue weighted by Crippen LogP contribution is 2.38. The predicted molar refractivity (Wildman–Crippen MR) is 139 cm³/mol. The largest absolute Gasteiger partial charge is 0.338 e. The van der Waals surface area contributed by atoms with Gasteiger partial charge in [0.15, 0.2) is 0 Å². The SMILES string of the molecule is CCc1nn(-c2ccccc2)c2c1CN(C(=O)NCCC(C)C)[C@H](c1ccc(F)cc1)c1cccn1-2. The molecule has 2 amide bonds. The van der Waals surface area contributed by atoms with Gasteiger partial charge in [-0.05, 0) is 60.7 Å². The van der Waals surface area contributed by atoms with Crippen molar-refractivity contribution in [2.24, 2.45) is 5.92 Å². The number of carbonyl (C=O) groups is 1. The van der Waals surface area contributed by atoms with Gasteiger partial charge in [-0.2, -0.15) is 5.10 Å². The lowest BCUT2D eigenvalue weighted by Crippen LogP contribution is -2.42. The summed E-state index contributed by atoms with van der Waals surface area (Å²) in [4.78, 5) is 15.6. The summed E-state index contributed by atoms with van der Waals surface area (Å²) in [7, 11) is 0. The third-order valence-corrected chi connectivity index (χ3v) is 6.75. The fourth-order valence-electron chi connectivity index (χ4n) is 4.91. The molecule has 1 aliphatic heterocycles. The van der Waals surface area contributed by atoms with Crippen molar-refractivity contribution in [3.8, 4) is 11.5 Å². The fraction of sp³-hybridized carbons (Fsp3) is 0.310. The van der Waals surface area contributed by atoms with E-state index in [1.54, 1.807) is 12.1 Å². The number of aromatic nitrogens is 3. The third kappa shape index (κ3) is 4.41. The molecule has 2 aromatic heterocycles. The fourth-order valence-corrected chi connectivity index (χ4v) is 4.91. The van der Waals surface area contributed by atoms with Crippen molar-refractivity contribution in [3.63, 3.8) is 0 Å². The van der Waals surface area contributed by atoms with Crippen molar-refractivity contribution in [1.82, 2.24) is 24.6 Å². The summed E-state index contributed by atoms with van der Waals surface area (Å²) in [5.74, 6) is 1.12. The second-order valence-corrected chi connectivity index (χ2v) is 9.65. The van der Waals surface area contributed by atoms with Crippen LogP contribution < -0.4 is 5.32 Å². The standard InChI is InChI=1S/C29H32FN5O/c1-4-25-24-19-34(29(36)31-17-16-20(2)3)27(21-12-14-22(30)15-13-21)26-11-8-18-33(26)28(24)35(32-25)23-9-6-5-7-10-23/h5-15,18,20,27H,4,16-17,19H2,1-3H3,(H,31,36)/t27-/m1/s1. The molecule has 1 N–H and O–H groups in total. The topological polar surface area (TPSA) is 55.1 Å². The Kier molecular flexibility index (Phi) is 6.63. The van der Waals surface area contributed by atoms with Crippen LogP contribution in [0.3, 0.4) is 0 Å². The second-order valence-electron chi connectivity index (χ2n) is 9.65. The van der Waals surface area contributed by atoms with Crippen LogP contribution in [0.4, 0.5) is 9.18 Å². The summed E-state index contributed by atoms with van der Waals surface area (Å²) in [6.07, 6.45) is 3.66. The number of halogens is 1. The quantitative estimate of drug-likeness (QED) is 0.363. The van der Waals surface area contributed by atoms with E-state index >= 15 is 0 Å². The Bertz CT molecular complexity index is 1340. The smallest absolute Gasteiger partial charge is 0.318 e. The summed E-state index contributed by atoms with van der Waals surface area (Å²) in [6, 6.07) is 20.0. The number of benzene rings is 2. The van der Waals surface area contributed by atoms with Crippen LogP contribution in [0.15, 0.2) is 72.9 Å². The first kappa shape index (κ1) is 23.9. The number of carbonyl (C=O) groups excluding carboxylic acids is 1. The van der Waals surface area contributed by atoms with Gasteiger partial charge in [-0.15, -0.1) is 0 Å². The molecule has 0 aliphatic carbocycles. The molecule has 0 spiro atoms. The maximum atomic E-state index is 13.9. The number of fused-ring (bicyclic) bond motifs is 3. The average molecular weight is 486 g/mol. The van der Waals surface area contributed by atoms with Gasteiger partial charge in [0.05, 0.1) is 29.7 Å². The first-order valence-electron chi connectivity index (χ1n) is 12.6. The minimum absolute atomic E-state index is 0.139. The van der Waals surface area contributed by atoms with Gasteiger partial charge in [-0.25, -0.2) is 13.9 Å². The van der Waals surface area contributed by atoms with Gasteiger partial charge in [-0.1, -0.05) is 51.1 Å². The number of para-hydroxylation sites is 1. The minimum Gasteiger partial charge on any atom is -0.338 e. The van der Waals surface area contributed by atoms with Crippen molar-refractivity contribution in [2.75, 3.05) is 6.54 Å². The lowest BCUT2D eigenvalue weighted by molar-refractivity contribution is 0.180. The van der Waals surface area contributed by atoms with Gasteiger partial charge >= 0.3 is 6.03 Å². The molecule has 1 aliphatic rings. The predicted octanol–water partition coefficient (Wildman–Crippen LogP) is 6.03. The van der Waals surface area contributed by atoms with E-state index in [4.69, 9.17) is 5.10 Å². The van der Waals surface area contributed by atoms with E-state index in [1.165, 1.54) is 12.1 Å². The molecule has 4 aromatic rings. The van der Waals surface area contributed by atoms with Crippen molar-refractivity contribution >= 4 is 6.03 Å². The van der Waals surface area contributed by atoms with E-state index in [0.717, 1.165) is 46.9 Å². The monoisotopic (exact) mass is 485 g/mol. The first-order valence-corrected chi connectivity index (χ1v) is 12.6. The van der Waals surface area contributed by atoms with Crippen LogP contribution in [0.5, 0.6) is 0 Å². The van der Waals surface area contributed by atoms with E-state index in [-0.39, 0.29) is 17.9 Å². The number of urea groups is 1. The number of nitrogens with one attached hydrogen (secondary N) is 1. The van der Waals surface area contributed by atoms with Gasteiger partial charge in [0.2, 0.25) is 0 Å². The van der Waals surface area contributed by atoms with Gasteiger partial charge in [0, 0.05) is 18.3 Å². The van der Waals surface area contributed by atoms with E-state index in [1.807, 2.05) is 58.2 Å². The molecule has 0 unspecified atom stereocenters. The lowest BCUT2D eigenvalue weighted by atomic mass is 10.0. The highest BCUT2D eigenvalue weighted by molar-refractivity contribution is 5.76. The van der Waals surface area contributed by atoms with Crippen molar-refractivity contribution in [1.29, 1.82) is 0 Å². The van der Waals surface area contributed by atoms with Crippen LogP contribution >= 0.6 is 0 Å². The molecule has 5 rings (SSSR count). The third-order valence-electron chi connectivity index (χ3n) is 6.75. The molecule has 2 aromatic carbocycles. The van der Waals surface area contributed by atoms with Gasteiger partial charge in [0.1, 0.15) is 11.6 Å². The zero-order chi connectivity index (χ0) is 25.2. The van der Waals surface area contributed by atoms with Crippen LogP contribution in [0, 0.1) is 11.7 Å². The van der Waals surface area contributed by atoms with Crippen molar-refractivity contribution < 1.29 is 9.18 Å². The van der Waals surface area contributed by atoms with Crippen LogP contribution in [-0.4, -0.2) is 31.8 Å². The van der Waals surface area contributed by atoms with Gasteiger partial charge in [-0.3, -0.25) is 0 Å². The number of amides is 2. The maximum Gasteiger partial charge on any atom is 0.318 e. The second kappa shape index (κ2) is 10.0. The molecule has 36 heavy (non-hydrogen) atoms. The minimum atomic E-state index is -0.388. The molecule has 0 saturated heterocycles. The number of rotatable bonds is 6. The Hall–Kier alpha value is -3.87. The lowest BCUT2D eigenvalue weighted by Gasteiger charge is -2.31. The van der Waals surface area contributed by atoms with Gasteiger partial charge < -0.3 is 14.8 Å². The number of hydrogen-bond donors (Lipinski definition) is 1. The summed E-state index contributed by atoms with van der Waals surface area (Å²) in [6.45, 7) is 7.36. The molecule has 3 heterocycles. The Labute approximate surface area is 211 Å². The van der Waals surface area contributed by atoms with E-state index in [2.05, 4.69) is 30.7 Å². The summed E-state index contributed by atoms with van der Waals surface area (Å²) >= 11 is 0. The molecule has 0 radical (unpaired) electrons. The van der Waals surface area contributed by atoms with E-state index < -0.39 is 0 Å². The molecular weight excluding hydrogens is 453 g/mol. The Morgan fingerprint density at radius 2 is 1.83 bits per heavy atom. The number of aryl methyl sites for hydroxylation is 1. The molecule has 186 valence electrons. The Balaban J connectivity index is 1.68. The zero-order valence-corrected chi connectivity index (χ0v) is 21.0. The average Bonchev–Trinajstić information content (AvgIpc) is 3.46. The summed E-state index contributed by atoms with van der Waals surface area (Å²) < 4.78 is 18.0. The number of hydrogen-bond acceptors (Lipinski definition) is 2. The molecular formula is C29H32FN5O. The molecule has 0 bridgehead atoms. The highest BCUT2D eigenvalue weighted by atomic mass is 19.1. The molecule has 6 nitrogen and oxygen atoms in total. The normalized spacial score (nSPS) is 14.9. The van der Waals surface area contributed by atoms with Crippen LogP contribution in [0.25, 0.3) is 11.5 Å². The van der Waals surface area contributed by atoms with E-state index in [0.29, 0.717) is 19.0 Å². The molecule has 0 saturated carbocycles. The molecule has 7 heteroatoms. The van der Waals surface area contributed by atoms with Crippen LogP contribution in [-0.2, 0) is 13.0 Å². The maximum absolute atomic E-state index is 13.9. The van der Waals surface area contributed by atoms with Crippen molar-refractivity contribution in [2.45, 2.75) is 46.2 Å².